The zero-order valence-electron chi connectivity index (χ0n) is 10.5. The molecule has 0 rings (SSSR count). The molecule has 0 bridgehead atoms. The lowest BCUT2D eigenvalue weighted by molar-refractivity contribution is -0.114. The van der Waals surface area contributed by atoms with E-state index < -0.39 is 0 Å². The lowest BCUT2D eigenvalue weighted by Crippen LogP contribution is -1.98. The summed E-state index contributed by atoms with van der Waals surface area (Å²) in [7, 11) is 0. The summed E-state index contributed by atoms with van der Waals surface area (Å²) in [4.78, 5) is 11.2. The van der Waals surface area contributed by atoms with Crippen molar-refractivity contribution in [1.29, 1.82) is 0 Å². The molecule has 0 fully saturated rings. The third-order valence-corrected chi connectivity index (χ3v) is 2.51. The van der Waals surface area contributed by atoms with E-state index in [1.807, 2.05) is 6.92 Å². The Morgan fingerprint density at radius 2 is 1.93 bits per heavy atom. The highest BCUT2D eigenvalue weighted by Gasteiger charge is 2.03. The van der Waals surface area contributed by atoms with Gasteiger partial charge in [0.2, 0.25) is 0 Å². The number of rotatable bonds is 7. The Labute approximate surface area is 94.3 Å². The molecule has 1 nitrogen and oxygen atoms in total. The zero-order chi connectivity index (χ0) is 11.7. The molecule has 1 heteroatoms. The minimum absolute atomic E-state index is 0.238. The Kier molecular flexibility index (Phi) is 7.98. The van der Waals surface area contributed by atoms with Crippen LogP contribution in [0, 0.1) is 5.92 Å². The predicted molar refractivity (Wildman–Crippen MR) is 66.9 cm³/mol. The van der Waals surface area contributed by atoms with Gasteiger partial charge in [0.05, 0.1) is 0 Å². The maximum absolute atomic E-state index is 11.2. The van der Waals surface area contributed by atoms with Crippen molar-refractivity contribution < 1.29 is 4.79 Å². The quantitative estimate of drug-likeness (QED) is 0.450. The molecule has 0 aromatic carbocycles. The molecule has 0 N–H and O–H groups in total. The summed E-state index contributed by atoms with van der Waals surface area (Å²) < 4.78 is 0. The molecule has 0 amide bonds. The predicted octanol–water partition coefficient (Wildman–Crippen LogP) is 4.29. The summed E-state index contributed by atoms with van der Waals surface area (Å²) in [5.74, 6) is 0.827. The molecular formula is C14H24O. The second-order valence-corrected chi connectivity index (χ2v) is 4.02. The molecule has 0 aliphatic rings. The Bertz CT molecular complexity index is 236. The fourth-order valence-electron chi connectivity index (χ4n) is 1.53. The first-order valence-electron chi connectivity index (χ1n) is 6.00. The largest absolute Gasteiger partial charge is 0.295 e. The van der Waals surface area contributed by atoms with Crippen molar-refractivity contribution in [2.45, 2.75) is 53.4 Å². The first-order chi connectivity index (χ1) is 7.13. The van der Waals surface area contributed by atoms with Crippen molar-refractivity contribution in [2.75, 3.05) is 0 Å². The van der Waals surface area contributed by atoms with Crippen molar-refractivity contribution in [1.82, 2.24) is 0 Å². The van der Waals surface area contributed by atoms with Crippen LogP contribution >= 0.6 is 0 Å². The fourth-order valence-corrected chi connectivity index (χ4v) is 1.53. The molecular weight excluding hydrogens is 184 g/mol. The molecule has 1 unspecified atom stereocenters. The van der Waals surface area contributed by atoms with Gasteiger partial charge < -0.3 is 0 Å². The molecule has 0 aromatic heterocycles. The third kappa shape index (κ3) is 7.12. The summed E-state index contributed by atoms with van der Waals surface area (Å²) in [5, 5.41) is 0. The van der Waals surface area contributed by atoms with Crippen LogP contribution in [-0.2, 0) is 4.79 Å². The SMILES string of the molecule is CC/C=C/C(CC)C/C(C)=C/C(=O)CC. The summed E-state index contributed by atoms with van der Waals surface area (Å²) in [6.45, 7) is 8.29. The average molecular weight is 208 g/mol. The first-order valence-corrected chi connectivity index (χ1v) is 6.00. The summed E-state index contributed by atoms with van der Waals surface area (Å²) in [6.07, 6.45) is 10.1. The van der Waals surface area contributed by atoms with E-state index >= 15 is 0 Å². The number of allylic oxidation sites excluding steroid dienone is 4. The number of carbonyl (C=O) groups is 1. The highest BCUT2D eigenvalue weighted by molar-refractivity contribution is 5.89. The van der Waals surface area contributed by atoms with E-state index in [0.29, 0.717) is 12.3 Å². The monoisotopic (exact) mass is 208 g/mol. The fraction of sp³-hybridized carbons (Fsp3) is 0.643. The van der Waals surface area contributed by atoms with Crippen molar-refractivity contribution in [3.05, 3.63) is 23.8 Å². The average Bonchev–Trinajstić information content (AvgIpc) is 2.23. The number of hydrogen-bond donors (Lipinski definition) is 0. The van der Waals surface area contributed by atoms with Gasteiger partial charge >= 0.3 is 0 Å². The Hall–Kier alpha value is -0.850. The Morgan fingerprint density at radius 1 is 1.27 bits per heavy atom. The zero-order valence-corrected chi connectivity index (χ0v) is 10.5. The van der Waals surface area contributed by atoms with E-state index in [4.69, 9.17) is 0 Å². The molecule has 86 valence electrons. The number of hydrogen-bond acceptors (Lipinski definition) is 1. The van der Waals surface area contributed by atoms with Gasteiger partial charge in [0, 0.05) is 6.42 Å². The molecule has 1 atom stereocenters. The molecule has 15 heavy (non-hydrogen) atoms. The maximum Gasteiger partial charge on any atom is 0.155 e. The Balaban J connectivity index is 4.23. The van der Waals surface area contributed by atoms with Gasteiger partial charge in [0.1, 0.15) is 0 Å². The van der Waals surface area contributed by atoms with E-state index in [0.717, 1.165) is 19.3 Å². The molecule has 0 aromatic rings. The summed E-state index contributed by atoms with van der Waals surface area (Å²) in [5.41, 5.74) is 1.20. The van der Waals surface area contributed by atoms with Gasteiger partial charge in [-0.2, -0.15) is 0 Å². The lowest BCUT2D eigenvalue weighted by atomic mass is 9.96. The van der Waals surface area contributed by atoms with Gasteiger partial charge in [-0.3, -0.25) is 4.79 Å². The van der Waals surface area contributed by atoms with Crippen LogP contribution in [0.3, 0.4) is 0 Å². The second-order valence-electron chi connectivity index (χ2n) is 4.02. The summed E-state index contributed by atoms with van der Waals surface area (Å²) >= 11 is 0. The third-order valence-electron chi connectivity index (χ3n) is 2.51. The van der Waals surface area contributed by atoms with Gasteiger partial charge in [0.15, 0.2) is 5.78 Å². The van der Waals surface area contributed by atoms with Gasteiger partial charge in [-0.15, -0.1) is 0 Å². The highest BCUT2D eigenvalue weighted by atomic mass is 16.1. The van der Waals surface area contributed by atoms with Crippen molar-refractivity contribution in [3.8, 4) is 0 Å². The molecule has 0 spiro atoms. The van der Waals surface area contributed by atoms with Crippen LogP contribution in [0.2, 0.25) is 0 Å². The Morgan fingerprint density at radius 3 is 2.40 bits per heavy atom. The molecule has 0 saturated carbocycles. The van der Waals surface area contributed by atoms with E-state index in [1.165, 1.54) is 5.57 Å². The standard InChI is InChI=1S/C14H24O/c1-5-8-9-13(6-2)10-12(4)11-14(15)7-3/h8-9,11,13H,5-7,10H2,1-4H3/b9-8+,12-11+. The van der Waals surface area contributed by atoms with E-state index in [9.17, 15) is 4.79 Å². The molecule has 0 saturated heterocycles. The van der Waals surface area contributed by atoms with Crippen LogP contribution in [0.4, 0.5) is 0 Å². The topological polar surface area (TPSA) is 17.1 Å². The van der Waals surface area contributed by atoms with Gasteiger partial charge in [-0.25, -0.2) is 0 Å². The normalized spacial score (nSPS) is 14.5. The van der Waals surface area contributed by atoms with E-state index in [-0.39, 0.29) is 5.78 Å². The lowest BCUT2D eigenvalue weighted by Gasteiger charge is -2.09. The van der Waals surface area contributed by atoms with Gasteiger partial charge in [-0.1, -0.05) is 38.5 Å². The van der Waals surface area contributed by atoms with Crippen LogP contribution in [0.5, 0.6) is 0 Å². The van der Waals surface area contributed by atoms with Crippen LogP contribution in [0.15, 0.2) is 23.8 Å². The van der Waals surface area contributed by atoms with Crippen molar-refractivity contribution in [3.63, 3.8) is 0 Å². The summed E-state index contributed by atoms with van der Waals surface area (Å²) in [6, 6.07) is 0. The minimum atomic E-state index is 0.238. The molecule has 0 aliphatic carbocycles. The van der Waals surface area contributed by atoms with Gasteiger partial charge in [-0.05, 0) is 38.2 Å². The maximum atomic E-state index is 11.2. The van der Waals surface area contributed by atoms with Crippen LogP contribution in [-0.4, -0.2) is 5.78 Å². The first kappa shape index (κ1) is 14.2. The van der Waals surface area contributed by atoms with E-state index in [2.05, 4.69) is 32.9 Å². The minimum Gasteiger partial charge on any atom is -0.295 e. The molecule has 0 radical (unpaired) electrons. The smallest absolute Gasteiger partial charge is 0.155 e. The van der Waals surface area contributed by atoms with Gasteiger partial charge in [0.25, 0.3) is 0 Å². The second kappa shape index (κ2) is 8.46. The molecule has 0 aliphatic heterocycles. The number of carbonyl (C=O) groups excluding carboxylic acids is 1. The highest BCUT2D eigenvalue weighted by Crippen LogP contribution is 2.16. The molecule has 0 heterocycles. The van der Waals surface area contributed by atoms with Crippen LogP contribution in [0.1, 0.15) is 53.4 Å². The van der Waals surface area contributed by atoms with Crippen molar-refractivity contribution in [2.24, 2.45) is 5.92 Å². The van der Waals surface area contributed by atoms with Crippen LogP contribution in [0.25, 0.3) is 0 Å². The number of ketones is 1. The van der Waals surface area contributed by atoms with Crippen molar-refractivity contribution >= 4 is 5.78 Å². The van der Waals surface area contributed by atoms with E-state index in [1.54, 1.807) is 6.08 Å². The van der Waals surface area contributed by atoms with Crippen LogP contribution < -0.4 is 0 Å².